The van der Waals surface area contributed by atoms with Gasteiger partial charge in [0.1, 0.15) is 45.0 Å². The topological polar surface area (TPSA) is 92.5 Å². The minimum Gasteiger partial charge on any atom is -0.399 e. The number of rotatable bonds is 4. The van der Waals surface area contributed by atoms with Gasteiger partial charge in [0, 0.05) is 18.7 Å². The Kier molecular flexibility index (Phi) is 5.09. The fourth-order valence-corrected chi connectivity index (χ4v) is 3.59. The second-order valence-corrected chi connectivity index (χ2v) is 7.82. The molecule has 12 heteroatoms. The molecular formula is C14H21B5FN3O3. The van der Waals surface area contributed by atoms with Crippen LogP contribution in [-0.2, 0) is 20.9 Å². The predicted octanol–water partition coefficient (Wildman–Crippen LogP) is -6.05. The van der Waals surface area contributed by atoms with Crippen LogP contribution in [0.4, 0.5) is 10.1 Å². The van der Waals surface area contributed by atoms with E-state index in [1.54, 1.807) is 46.2 Å². The second-order valence-electron chi connectivity index (χ2n) is 7.82. The van der Waals surface area contributed by atoms with E-state index in [1.807, 2.05) is 0 Å². The summed E-state index contributed by atoms with van der Waals surface area (Å²) in [5.41, 5.74) is 7.17. The second kappa shape index (κ2) is 6.56. The third-order valence-electron chi connectivity index (χ3n) is 6.05. The third kappa shape index (κ3) is 2.85. The molecule has 0 aromatic heterocycles. The van der Waals surface area contributed by atoms with E-state index in [0.717, 1.165) is 0 Å². The molecule has 1 aliphatic rings. The van der Waals surface area contributed by atoms with Crippen LogP contribution in [-0.4, -0.2) is 67.8 Å². The number of carbonyl (C=O) groups is 3. The van der Waals surface area contributed by atoms with E-state index in [0.29, 0.717) is 28.5 Å². The quantitative estimate of drug-likeness (QED) is 0.244. The van der Waals surface area contributed by atoms with E-state index in [1.165, 1.54) is 4.90 Å². The van der Waals surface area contributed by atoms with Crippen molar-refractivity contribution >= 4 is 74.1 Å². The van der Waals surface area contributed by atoms with Crippen molar-refractivity contribution in [3.8, 4) is 0 Å². The molecule has 132 valence electrons. The number of nitrogens with zero attached hydrogens (tertiary/aromatic N) is 1. The maximum absolute atomic E-state index is 14.2. The number of carbonyl (C=O) groups excluding carboxylic acids is 3. The van der Waals surface area contributed by atoms with Crippen LogP contribution in [0.5, 0.6) is 0 Å². The van der Waals surface area contributed by atoms with E-state index in [4.69, 9.17) is 5.73 Å². The molecule has 0 spiro atoms. The molecule has 3 amide bonds. The Balaban J connectivity index is 2.56. The molecule has 1 aromatic rings. The summed E-state index contributed by atoms with van der Waals surface area (Å²) in [5.74, 6) is -1.26. The maximum Gasteiger partial charge on any atom is 0.242 e. The lowest BCUT2D eigenvalue weighted by Crippen LogP contribution is -2.70. The Morgan fingerprint density at radius 1 is 1.27 bits per heavy atom. The van der Waals surface area contributed by atoms with E-state index < -0.39 is 16.6 Å². The van der Waals surface area contributed by atoms with Gasteiger partial charge in [0.05, 0.1) is 5.44 Å². The van der Waals surface area contributed by atoms with Crippen LogP contribution in [0, 0.1) is 12.7 Å². The number of nitrogens with one attached hydrogen (secondary N) is 1. The zero-order valence-electron chi connectivity index (χ0n) is 16.1. The Morgan fingerprint density at radius 2 is 1.85 bits per heavy atom. The predicted molar refractivity (Wildman–Crippen MR) is 112 cm³/mol. The number of benzene rings is 1. The molecule has 1 fully saturated rings. The Morgan fingerprint density at radius 3 is 2.35 bits per heavy atom. The van der Waals surface area contributed by atoms with Gasteiger partial charge in [-0.15, -0.1) is 0 Å². The normalized spacial score (nSPS) is 21.9. The lowest BCUT2D eigenvalue weighted by atomic mass is 9.36. The van der Waals surface area contributed by atoms with Crippen molar-refractivity contribution in [2.24, 2.45) is 0 Å². The summed E-state index contributed by atoms with van der Waals surface area (Å²) in [6, 6.07) is 0. The highest BCUT2D eigenvalue weighted by atomic mass is 19.1. The van der Waals surface area contributed by atoms with Gasteiger partial charge in [-0.05, 0) is 23.5 Å². The Hall–Kier alpha value is -2.12. The van der Waals surface area contributed by atoms with Gasteiger partial charge < -0.3 is 10.6 Å². The molecule has 1 unspecified atom stereocenters. The van der Waals surface area contributed by atoms with Crippen molar-refractivity contribution in [2.75, 3.05) is 5.73 Å². The lowest BCUT2D eigenvalue weighted by molar-refractivity contribution is -0.144. The summed E-state index contributed by atoms with van der Waals surface area (Å²) < 4.78 is 14.2. The highest BCUT2D eigenvalue weighted by molar-refractivity contribution is 6.52. The largest absolute Gasteiger partial charge is 0.399 e. The molecule has 0 saturated carbocycles. The van der Waals surface area contributed by atoms with Crippen molar-refractivity contribution in [2.45, 2.75) is 30.5 Å². The lowest BCUT2D eigenvalue weighted by Gasteiger charge is -2.51. The van der Waals surface area contributed by atoms with Gasteiger partial charge in [0.15, 0.2) is 0 Å². The smallest absolute Gasteiger partial charge is 0.242 e. The molecule has 2 rings (SSSR count). The first-order valence-electron chi connectivity index (χ1n) is 8.48. The number of amides is 3. The number of halogens is 1. The first-order valence-corrected chi connectivity index (χ1v) is 8.48. The zero-order valence-corrected chi connectivity index (χ0v) is 16.1. The number of hydrogen-bond donors (Lipinski definition) is 2. The molecule has 6 nitrogen and oxygen atoms in total. The number of nitrogens with two attached hydrogens (primary N) is 1. The van der Waals surface area contributed by atoms with Crippen LogP contribution in [0.25, 0.3) is 0 Å². The summed E-state index contributed by atoms with van der Waals surface area (Å²) >= 11 is 0. The minimum absolute atomic E-state index is 0.0463. The van der Waals surface area contributed by atoms with Crippen LogP contribution < -0.4 is 22.0 Å². The van der Waals surface area contributed by atoms with E-state index in [2.05, 4.69) is 5.32 Å². The van der Waals surface area contributed by atoms with Crippen molar-refractivity contribution in [3.05, 3.63) is 16.9 Å². The molecule has 0 bridgehead atoms. The van der Waals surface area contributed by atoms with Crippen molar-refractivity contribution in [1.29, 1.82) is 0 Å². The van der Waals surface area contributed by atoms with Crippen molar-refractivity contribution in [1.82, 2.24) is 10.2 Å². The molecule has 26 heavy (non-hydrogen) atoms. The molecule has 1 saturated heterocycles. The zero-order chi connectivity index (χ0) is 20.0. The fraction of sp³-hybridized carbons (Fsp3) is 0.357. The molecule has 3 N–H and O–H groups in total. The summed E-state index contributed by atoms with van der Waals surface area (Å²) in [7, 11) is 8.43. The van der Waals surface area contributed by atoms with E-state index in [-0.39, 0.29) is 30.4 Å². The van der Waals surface area contributed by atoms with Gasteiger partial charge in [0.2, 0.25) is 18.2 Å². The Labute approximate surface area is 156 Å². The fourth-order valence-electron chi connectivity index (χ4n) is 3.59. The summed E-state index contributed by atoms with van der Waals surface area (Å²) in [6.45, 7) is 1.79. The number of anilines is 1. The number of imide groups is 1. The molecule has 0 aliphatic carbocycles. The number of hydrogen-bond acceptors (Lipinski definition) is 4. The summed E-state index contributed by atoms with van der Waals surface area (Å²) in [5, 5.41) is 1.54. The first kappa shape index (κ1) is 20.2. The molecule has 1 aromatic carbocycles. The van der Waals surface area contributed by atoms with Crippen molar-refractivity contribution in [3.63, 3.8) is 0 Å². The summed E-state index contributed by atoms with van der Waals surface area (Å²) in [4.78, 5) is 37.7. The average Bonchev–Trinajstić information content (AvgIpc) is 2.56. The van der Waals surface area contributed by atoms with Crippen LogP contribution in [0.3, 0.4) is 0 Å². The molecular weight excluding hydrogens is 331 g/mol. The minimum atomic E-state index is -1.25. The molecule has 1 atom stereocenters. The van der Waals surface area contributed by atoms with Gasteiger partial charge in [-0.1, -0.05) is 10.7 Å². The number of nitrogen functional groups attached to an aromatic ring is 1. The van der Waals surface area contributed by atoms with E-state index in [9.17, 15) is 18.8 Å². The maximum atomic E-state index is 14.2. The SMILES string of the molecule is Bc1c(C)c(CN(C=O)C2(B)C(=O)NC(=O)CC2(B)B)c(N)c(B)c1F. The Bertz CT molecular complexity index is 791. The van der Waals surface area contributed by atoms with Crippen LogP contribution in [0.1, 0.15) is 17.5 Å². The van der Waals surface area contributed by atoms with Gasteiger partial charge in [-0.3, -0.25) is 19.7 Å². The van der Waals surface area contributed by atoms with Gasteiger partial charge in [0.25, 0.3) is 0 Å². The average molecular weight is 352 g/mol. The van der Waals surface area contributed by atoms with Gasteiger partial charge in [-0.2, -0.15) is 0 Å². The van der Waals surface area contributed by atoms with Crippen LogP contribution in [0.2, 0.25) is 5.21 Å². The first-order chi connectivity index (χ1) is 11.9. The van der Waals surface area contributed by atoms with E-state index >= 15 is 0 Å². The standard InChI is InChI=1S/C14H21B5FN3O3/c1-5-6(11(21)9(16)10(20)8(5)15)3-23(4-24)14(19)12(26)22-7(25)2-13(14,17)18/h4H,2-3,15-19,21H2,1H3,(H,22,25,26). The third-order valence-corrected chi connectivity index (χ3v) is 6.05. The highest BCUT2D eigenvalue weighted by Gasteiger charge is 2.54. The molecule has 1 aliphatic heterocycles. The number of piperidine rings is 1. The van der Waals surface area contributed by atoms with Gasteiger partial charge >= 0.3 is 0 Å². The summed E-state index contributed by atoms with van der Waals surface area (Å²) in [6.07, 6.45) is 0.694. The molecule has 0 radical (unpaired) electrons. The van der Waals surface area contributed by atoms with Crippen LogP contribution in [0.15, 0.2) is 0 Å². The highest BCUT2D eigenvalue weighted by Crippen LogP contribution is 2.41. The monoisotopic (exact) mass is 353 g/mol. The van der Waals surface area contributed by atoms with Gasteiger partial charge in [-0.25, -0.2) is 4.39 Å². The molecule has 1 heterocycles. The van der Waals surface area contributed by atoms with Crippen molar-refractivity contribution < 1.29 is 18.8 Å². The van der Waals surface area contributed by atoms with Crippen LogP contribution >= 0.6 is 0 Å².